The summed E-state index contributed by atoms with van der Waals surface area (Å²) in [6, 6.07) is 5.78. The fourth-order valence-corrected chi connectivity index (χ4v) is 2.33. The Morgan fingerprint density at radius 1 is 1.39 bits per heavy atom. The van der Waals surface area contributed by atoms with Crippen LogP contribution in [-0.4, -0.2) is 26.9 Å². The van der Waals surface area contributed by atoms with Gasteiger partial charge in [0, 0.05) is 30.3 Å². The minimum absolute atomic E-state index is 0.608. The Labute approximate surface area is 113 Å². The van der Waals surface area contributed by atoms with Crippen molar-refractivity contribution in [2.45, 2.75) is 19.4 Å². The van der Waals surface area contributed by atoms with Gasteiger partial charge in [0.1, 0.15) is 5.75 Å². The highest BCUT2D eigenvalue weighted by molar-refractivity contribution is 6.30. The van der Waals surface area contributed by atoms with E-state index in [1.807, 2.05) is 25.2 Å². The molecule has 0 atom stereocenters. The van der Waals surface area contributed by atoms with Crippen molar-refractivity contribution in [3.63, 3.8) is 0 Å². The summed E-state index contributed by atoms with van der Waals surface area (Å²) in [6.07, 6.45) is 2.18. The van der Waals surface area contributed by atoms with Crippen LogP contribution in [0.4, 0.5) is 0 Å². The molecule has 1 N–H and O–H groups in total. The second-order valence-electron chi connectivity index (χ2n) is 4.65. The Morgan fingerprint density at radius 3 is 2.89 bits per heavy atom. The molecule has 4 heteroatoms. The van der Waals surface area contributed by atoms with E-state index >= 15 is 0 Å². The van der Waals surface area contributed by atoms with Crippen LogP contribution in [-0.2, 0) is 11.3 Å². The topological polar surface area (TPSA) is 30.5 Å². The maximum absolute atomic E-state index is 6.00. The van der Waals surface area contributed by atoms with E-state index in [1.54, 1.807) is 0 Å². The summed E-state index contributed by atoms with van der Waals surface area (Å²) in [5.74, 6) is 1.54. The number of benzene rings is 1. The molecule has 18 heavy (non-hydrogen) atoms. The second kappa shape index (κ2) is 6.98. The van der Waals surface area contributed by atoms with E-state index in [9.17, 15) is 0 Å². The van der Waals surface area contributed by atoms with Crippen molar-refractivity contribution in [2.24, 2.45) is 5.92 Å². The summed E-state index contributed by atoms with van der Waals surface area (Å²) < 4.78 is 11.3. The molecule has 0 radical (unpaired) electrons. The normalized spacial score (nSPS) is 16.8. The third-order valence-corrected chi connectivity index (χ3v) is 3.44. The van der Waals surface area contributed by atoms with E-state index in [0.29, 0.717) is 5.92 Å². The molecule has 1 aromatic rings. The molecule has 100 valence electrons. The molecular formula is C14H20ClNO2. The van der Waals surface area contributed by atoms with Crippen LogP contribution in [0.1, 0.15) is 18.4 Å². The highest BCUT2D eigenvalue weighted by atomic mass is 35.5. The van der Waals surface area contributed by atoms with Gasteiger partial charge in [-0.15, -0.1) is 0 Å². The molecule has 1 heterocycles. The molecule has 0 aliphatic carbocycles. The fraction of sp³-hybridized carbons (Fsp3) is 0.571. The van der Waals surface area contributed by atoms with Gasteiger partial charge in [-0.3, -0.25) is 0 Å². The van der Waals surface area contributed by atoms with Crippen LogP contribution in [0.25, 0.3) is 0 Å². The summed E-state index contributed by atoms with van der Waals surface area (Å²) in [4.78, 5) is 0. The van der Waals surface area contributed by atoms with Gasteiger partial charge in [-0.2, -0.15) is 0 Å². The van der Waals surface area contributed by atoms with E-state index in [4.69, 9.17) is 21.1 Å². The molecule has 2 rings (SSSR count). The van der Waals surface area contributed by atoms with Crippen LogP contribution >= 0.6 is 11.6 Å². The first-order valence-corrected chi connectivity index (χ1v) is 6.81. The lowest BCUT2D eigenvalue weighted by molar-refractivity contribution is 0.0496. The Kier molecular flexibility index (Phi) is 5.29. The number of hydrogen-bond acceptors (Lipinski definition) is 3. The lowest BCUT2D eigenvalue weighted by Crippen LogP contribution is -2.22. The minimum atomic E-state index is 0.608. The van der Waals surface area contributed by atoms with Crippen LogP contribution in [0.2, 0.25) is 5.02 Å². The zero-order chi connectivity index (χ0) is 12.8. The SMILES string of the molecule is CNCc1cc(Cl)ccc1OCC1CCOCC1. The van der Waals surface area contributed by atoms with Crippen molar-refractivity contribution in [1.29, 1.82) is 0 Å². The highest BCUT2D eigenvalue weighted by Gasteiger charge is 2.15. The van der Waals surface area contributed by atoms with Gasteiger partial charge in [0.2, 0.25) is 0 Å². The van der Waals surface area contributed by atoms with E-state index < -0.39 is 0 Å². The standard InChI is InChI=1S/C14H20ClNO2/c1-16-9-12-8-13(15)2-3-14(12)18-10-11-4-6-17-7-5-11/h2-3,8,11,16H,4-7,9-10H2,1H3. The Bertz CT molecular complexity index is 378. The molecule has 0 unspecified atom stereocenters. The van der Waals surface area contributed by atoms with Gasteiger partial charge >= 0.3 is 0 Å². The molecule has 0 bridgehead atoms. The predicted octanol–water partition coefficient (Wildman–Crippen LogP) is 2.86. The van der Waals surface area contributed by atoms with Crippen molar-refractivity contribution in [3.8, 4) is 5.75 Å². The van der Waals surface area contributed by atoms with Crippen LogP contribution in [0.15, 0.2) is 18.2 Å². The van der Waals surface area contributed by atoms with Crippen molar-refractivity contribution < 1.29 is 9.47 Å². The Hall–Kier alpha value is -0.770. The van der Waals surface area contributed by atoms with Gasteiger partial charge in [0.05, 0.1) is 6.61 Å². The van der Waals surface area contributed by atoms with Gasteiger partial charge in [0.25, 0.3) is 0 Å². The molecule has 0 saturated carbocycles. The molecule has 0 amide bonds. The van der Waals surface area contributed by atoms with Crippen molar-refractivity contribution >= 4 is 11.6 Å². The average Bonchev–Trinajstić information content (AvgIpc) is 2.39. The summed E-state index contributed by atoms with van der Waals surface area (Å²) in [5.41, 5.74) is 1.11. The van der Waals surface area contributed by atoms with E-state index in [2.05, 4.69) is 5.32 Å². The van der Waals surface area contributed by atoms with Gasteiger partial charge < -0.3 is 14.8 Å². The molecule has 1 aromatic carbocycles. The third kappa shape index (κ3) is 3.87. The van der Waals surface area contributed by atoms with Gasteiger partial charge in [-0.05, 0) is 44.0 Å². The van der Waals surface area contributed by atoms with Crippen LogP contribution in [0, 0.1) is 5.92 Å². The van der Waals surface area contributed by atoms with Crippen molar-refractivity contribution in [1.82, 2.24) is 5.32 Å². The van der Waals surface area contributed by atoms with E-state index in [1.165, 1.54) is 0 Å². The number of nitrogens with one attached hydrogen (secondary N) is 1. The monoisotopic (exact) mass is 269 g/mol. The molecule has 0 aromatic heterocycles. The average molecular weight is 270 g/mol. The first kappa shape index (κ1) is 13.7. The summed E-state index contributed by atoms with van der Waals surface area (Å²) >= 11 is 6.00. The first-order chi connectivity index (χ1) is 8.79. The Morgan fingerprint density at radius 2 is 2.17 bits per heavy atom. The minimum Gasteiger partial charge on any atom is -0.493 e. The summed E-state index contributed by atoms with van der Waals surface area (Å²) in [5, 5.41) is 3.88. The van der Waals surface area contributed by atoms with Crippen LogP contribution in [0.3, 0.4) is 0 Å². The zero-order valence-electron chi connectivity index (χ0n) is 10.7. The molecule has 1 aliphatic heterocycles. The lowest BCUT2D eigenvalue weighted by Gasteiger charge is -2.22. The summed E-state index contributed by atoms with van der Waals surface area (Å²) in [7, 11) is 1.92. The van der Waals surface area contributed by atoms with Gasteiger partial charge in [-0.25, -0.2) is 0 Å². The smallest absolute Gasteiger partial charge is 0.123 e. The quantitative estimate of drug-likeness (QED) is 0.892. The lowest BCUT2D eigenvalue weighted by atomic mass is 10.0. The van der Waals surface area contributed by atoms with Crippen molar-refractivity contribution in [3.05, 3.63) is 28.8 Å². The number of halogens is 1. The van der Waals surface area contributed by atoms with E-state index in [0.717, 1.165) is 55.5 Å². The number of ether oxygens (including phenoxy) is 2. The van der Waals surface area contributed by atoms with Gasteiger partial charge in [-0.1, -0.05) is 11.6 Å². The van der Waals surface area contributed by atoms with Gasteiger partial charge in [0.15, 0.2) is 0 Å². The molecule has 1 aliphatic rings. The Balaban J connectivity index is 1.94. The maximum atomic E-state index is 6.00. The van der Waals surface area contributed by atoms with Crippen LogP contribution < -0.4 is 10.1 Å². The molecule has 1 fully saturated rings. The van der Waals surface area contributed by atoms with E-state index in [-0.39, 0.29) is 0 Å². The fourth-order valence-electron chi connectivity index (χ4n) is 2.14. The zero-order valence-corrected chi connectivity index (χ0v) is 11.5. The molecular weight excluding hydrogens is 250 g/mol. The number of hydrogen-bond donors (Lipinski definition) is 1. The third-order valence-electron chi connectivity index (χ3n) is 3.21. The maximum Gasteiger partial charge on any atom is 0.123 e. The molecule has 3 nitrogen and oxygen atoms in total. The summed E-state index contributed by atoms with van der Waals surface area (Å²) in [6.45, 7) is 3.25. The second-order valence-corrected chi connectivity index (χ2v) is 5.09. The first-order valence-electron chi connectivity index (χ1n) is 6.43. The predicted molar refractivity (Wildman–Crippen MR) is 73.3 cm³/mol. The number of rotatable bonds is 5. The van der Waals surface area contributed by atoms with Crippen molar-refractivity contribution in [2.75, 3.05) is 26.9 Å². The van der Waals surface area contributed by atoms with Crippen LogP contribution in [0.5, 0.6) is 5.75 Å². The molecule has 0 spiro atoms. The highest BCUT2D eigenvalue weighted by Crippen LogP contribution is 2.24. The largest absolute Gasteiger partial charge is 0.493 e. The molecule has 1 saturated heterocycles.